The number of morpholine rings is 1. The molecule has 0 aliphatic carbocycles. The van der Waals surface area contributed by atoms with E-state index in [1.807, 2.05) is 6.07 Å². The third-order valence-corrected chi connectivity index (χ3v) is 11.6. The highest BCUT2D eigenvalue weighted by Crippen LogP contribution is 2.51. The van der Waals surface area contributed by atoms with Crippen molar-refractivity contribution < 1.29 is 31.8 Å². The second kappa shape index (κ2) is 11.8. The fourth-order valence-corrected chi connectivity index (χ4v) is 9.36. The van der Waals surface area contributed by atoms with Crippen LogP contribution in [0.3, 0.4) is 0 Å². The van der Waals surface area contributed by atoms with Crippen LogP contribution in [0.4, 0.5) is 28.4 Å². The molecule has 4 aliphatic rings. The maximum absolute atomic E-state index is 17.2. The summed E-state index contributed by atoms with van der Waals surface area (Å²) in [5.74, 6) is -0.822. The van der Waals surface area contributed by atoms with Gasteiger partial charge < -0.3 is 24.8 Å². The average molecular weight is 703 g/mol. The predicted octanol–water partition coefficient (Wildman–Crippen LogP) is 6.77. The first-order valence-electron chi connectivity index (χ1n) is 15.9. The normalized spacial score (nSPS) is 25.5. The van der Waals surface area contributed by atoms with Gasteiger partial charge in [0.15, 0.2) is 11.6 Å². The zero-order valence-electron chi connectivity index (χ0n) is 25.9. The van der Waals surface area contributed by atoms with Crippen LogP contribution in [-0.2, 0) is 4.74 Å². The molecule has 2 aromatic carbocycles. The highest BCUT2D eigenvalue weighted by Gasteiger charge is 2.48. The molecular formula is C33H31ClF4N6O3S. The van der Waals surface area contributed by atoms with E-state index in [-0.39, 0.29) is 97.2 Å². The molecule has 6 heterocycles. The highest BCUT2D eigenvalue weighted by molar-refractivity contribution is 7.23. The molecule has 4 aromatic rings. The van der Waals surface area contributed by atoms with Crippen LogP contribution < -0.4 is 20.1 Å². The minimum Gasteiger partial charge on any atom is -0.491 e. The SMILES string of the molecule is C[C@H]1CN2CCC[C@@]2(COc2nc3c4c(c(Cl)c(-c5ccc(F)c6sc(N)c(C#N)c56)c(F)c4n2)OCCC2COC(C(F)F)CN32)C1. The topological polar surface area (TPSA) is 110 Å². The van der Waals surface area contributed by atoms with E-state index in [2.05, 4.69) is 16.8 Å². The molecule has 15 heteroatoms. The Balaban J connectivity index is 1.36. The third kappa shape index (κ3) is 4.84. The number of nitrogen functional groups attached to an aromatic ring is 1. The summed E-state index contributed by atoms with van der Waals surface area (Å²) in [5, 5.41) is 10.1. The van der Waals surface area contributed by atoms with Gasteiger partial charge in [-0.1, -0.05) is 24.6 Å². The van der Waals surface area contributed by atoms with Crippen LogP contribution in [0.1, 0.15) is 38.2 Å². The van der Waals surface area contributed by atoms with Crippen LogP contribution in [0.15, 0.2) is 12.1 Å². The molecule has 0 saturated carbocycles. The van der Waals surface area contributed by atoms with E-state index in [1.165, 1.54) is 6.07 Å². The number of ether oxygens (including phenoxy) is 3. The minimum absolute atomic E-state index is 0.00332. The number of thiophene rings is 1. The van der Waals surface area contributed by atoms with E-state index < -0.39 is 30.2 Å². The van der Waals surface area contributed by atoms with E-state index in [1.54, 1.807) is 4.90 Å². The first kappa shape index (κ1) is 31.6. The molecule has 2 unspecified atom stereocenters. The molecule has 2 N–H and O–H groups in total. The summed E-state index contributed by atoms with van der Waals surface area (Å²) in [6, 6.07) is 4.00. The van der Waals surface area contributed by atoms with Gasteiger partial charge >= 0.3 is 6.01 Å². The Hall–Kier alpha value is -3.64. The van der Waals surface area contributed by atoms with E-state index >= 15 is 4.39 Å². The Kier molecular flexibility index (Phi) is 7.74. The third-order valence-electron chi connectivity index (χ3n) is 10.2. The quantitative estimate of drug-likeness (QED) is 0.225. The summed E-state index contributed by atoms with van der Waals surface area (Å²) in [7, 11) is 0. The minimum atomic E-state index is -2.76. The number of rotatable bonds is 5. The van der Waals surface area contributed by atoms with Gasteiger partial charge in [-0.05, 0) is 43.4 Å². The standard InChI is InChI=1S/C33H31ClF4N6O3S/c1-15-9-33(6-2-7-43(33)11-15)14-47-32-41-26-23-27(45-8-5-16-13-46-20(29(37)38)12-44(16)31(23)42-32)24(34)22(25(26)36)17-3-4-19(35)28-21(17)18(10-39)30(40)48-28/h3-4,15-16,20,29H,2,5-9,11-14,40H2,1H3/t15-,16?,20?,33+/m1/s1. The lowest BCUT2D eigenvalue weighted by Gasteiger charge is -2.41. The van der Waals surface area contributed by atoms with Crippen molar-refractivity contribution in [1.82, 2.24) is 14.9 Å². The lowest BCUT2D eigenvalue weighted by atomic mass is 9.92. The fraction of sp³-hybridized carbons (Fsp3) is 0.485. The summed E-state index contributed by atoms with van der Waals surface area (Å²) < 4.78 is 78.2. The van der Waals surface area contributed by atoms with Crippen molar-refractivity contribution in [2.24, 2.45) is 5.92 Å². The maximum atomic E-state index is 17.2. The van der Waals surface area contributed by atoms with Crippen LogP contribution >= 0.6 is 22.9 Å². The van der Waals surface area contributed by atoms with Crippen molar-refractivity contribution in [3.8, 4) is 29.0 Å². The van der Waals surface area contributed by atoms with E-state index in [4.69, 9.17) is 36.5 Å². The summed E-state index contributed by atoms with van der Waals surface area (Å²) in [6.07, 6.45) is -0.870. The van der Waals surface area contributed by atoms with Gasteiger partial charge in [-0.25, -0.2) is 17.6 Å². The van der Waals surface area contributed by atoms with Crippen molar-refractivity contribution in [2.75, 3.05) is 50.1 Å². The number of anilines is 2. The molecule has 2 aromatic heterocycles. The first-order chi connectivity index (χ1) is 23.1. The number of aromatic nitrogens is 2. The Morgan fingerprint density at radius 2 is 2.08 bits per heavy atom. The number of hydrogen-bond acceptors (Lipinski definition) is 10. The molecule has 4 aliphatic heterocycles. The number of hydrogen-bond donors (Lipinski definition) is 1. The van der Waals surface area contributed by atoms with Gasteiger partial charge in [0.1, 0.15) is 40.9 Å². The van der Waals surface area contributed by atoms with E-state index in [0.29, 0.717) is 12.3 Å². The summed E-state index contributed by atoms with van der Waals surface area (Å²) in [4.78, 5) is 13.4. The Morgan fingerprint density at radius 1 is 1.25 bits per heavy atom. The van der Waals surface area contributed by atoms with Crippen molar-refractivity contribution >= 4 is 54.7 Å². The van der Waals surface area contributed by atoms with Gasteiger partial charge in [-0.15, -0.1) is 11.3 Å². The molecule has 4 atom stereocenters. The highest BCUT2D eigenvalue weighted by atomic mass is 35.5. The second-order valence-corrected chi connectivity index (χ2v) is 14.6. The molecule has 48 heavy (non-hydrogen) atoms. The molecule has 252 valence electrons. The smallest absolute Gasteiger partial charge is 0.319 e. The number of nitriles is 1. The first-order valence-corrected chi connectivity index (χ1v) is 17.1. The summed E-state index contributed by atoms with van der Waals surface area (Å²) in [6.45, 7) is 4.28. The van der Waals surface area contributed by atoms with Gasteiger partial charge in [-0.2, -0.15) is 15.2 Å². The van der Waals surface area contributed by atoms with E-state index in [9.17, 15) is 18.4 Å². The summed E-state index contributed by atoms with van der Waals surface area (Å²) >= 11 is 7.87. The molecule has 0 bridgehead atoms. The van der Waals surface area contributed by atoms with Crippen molar-refractivity contribution in [3.63, 3.8) is 0 Å². The number of alkyl halides is 2. The number of benzene rings is 2. The number of halogens is 5. The number of nitrogens with zero attached hydrogens (tertiary/aromatic N) is 5. The molecule has 0 amide bonds. The van der Waals surface area contributed by atoms with Crippen LogP contribution in [0.25, 0.3) is 32.1 Å². The number of nitrogens with two attached hydrogens (primary N) is 1. The van der Waals surface area contributed by atoms with Gasteiger partial charge in [-0.3, -0.25) is 4.90 Å². The van der Waals surface area contributed by atoms with E-state index in [0.717, 1.165) is 49.8 Å². The van der Waals surface area contributed by atoms with Crippen molar-refractivity contribution in [3.05, 3.63) is 34.4 Å². The summed E-state index contributed by atoms with van der Waals surface area (Å²) in [5.41, 5.74) is 5.65. The monoisotopic (exact) mass is 702 g/mol. The molecule has 9 nitrogen and oxygen atoms in total. The lowest BCUT2D eigenvalue weighted by molar-refractivity contribution is -0.0740. The fourth-order valence-electron chi connectivity index (χ4n) is 8.08. The van der Waals surface area contributed by atoms with Gasteiger partial charge in [0.2, 0.25) is 0 Å². The van der Waals surface area contributed by atoms with Crippen LogP contribution in [0, 0.1) is 28.9 Å². The van der Waals surface area contributed by atoms with Crippen LogP contribution in [-0.4, -0.2) is 78.4 Å². The maximum Gasteiger partial charge on any atom is 0.319 e. The zero-order valence-corrected chi connectivity index (χ0v) is 27.4. The second-order valence-electron chi connectivity index (χ2n) is 13.2. The zero-order chi connectivity index (χ0) is 33.5. The molecule has 8 rings (SSSR count). The van der Waals surface area contributed by atoms with Gasteiger partial charge in [0.25, 0.3) is 6.43 Å². The van der Waals surface area contributed by atoms with Crippen LogP contribution in [0.5, 0.6) is 11.8 Å². The Labute approximate surface area is 282 Å². The molecule has 0 radical (unpaired) electrons. The molecular weight excluding hydrogens is 672 g/mol. The van der Waals surface area contributed by atoms with Gasteiger partial charge in [0, 0.05) is 23.9 Å². The molecule has 3 saturated heterocycles. The average Bonchev–Trinajstić information content (AvgIpc) is 3.70. The molecule has 0 spiro atoms. The van der Waals surface area contributed by atoms with Crippen LogP contribution in [0.2, 0.25) is 5.02 Å². The predicted molar refractivity (Wildman–Crippen MR) is 174 cm³/mol. The largest absolute Gasteiger partial charge is 0.491 e. The Morgan fingerprint density at radius 3 is 2.88 bits per heavy atom. The molecule has 3 fully saturated rings. The van der Waals surface area contributed by atoms with Crippen molar-refractivity contribution in [1.29, 1.82) is 5.26 Å². The number of fused-ring (bicyclic) bond motifs is 4. The lowest BCUT2D eigenvalue weighted by Crippen LogP contribution is -2.53. The Bertz CT molecular complexity index is 2010. The van der Waals surface area contributed by atoms with Crippen molar-refractivity contribution in [2.45, 2.75) is 56.7 Å². The van der Waals surface area contributed by atoms with Gasteiger partial charge in [0.05, 0.1) is 52.0 Å².